The Hall–Kier alpha value is -1.57. The molecule has 0 unspecified atom stereocenters. The lowest BCUT2D eigenvalue weighted by atomic mass is 10.1. The van der Waals surface area contributed by atoms with Crippen LogP contribution in [0.25, 0.3) is 0 Å². The molecule has 23 heavy (non-hydrogen) atoms. The van der Waals surface area contributed by atoms with E-state index in [0.29, 0.717) is 29.1 Å². The molecule has 1 aliphatic heterocycles. The van der Waals surface area contributed by atoms with Crippen LogP contribution in [0.4, 0.5) is 0 Å². The van der Waals surface area contributed by atoms with Crippen molar-refractivity contribution in [1.82, 2.24) is 19.9 Å². The second kappa shape index (κ2) is 6.90. The number of nitrogens with one attached hydrogen (secondary N) is 1. The minimum absolute atomic E-state index is 0.0464. The maximum Gasteiger partial charge on any atom is 0.256 e. The lowest BCUT2D eigenvalue weighted by molar-refractivity contribution is 0.240. The van der Waals surface area contributed by atoms with Crippen molar-refractivity contribution in [2.45, 2.75) is 24.7 Å². The third kappa shape index (κ3) is 3.52. The van der Waals surface area contributed by atoms with Crippen molar-refractivity contribution in [3.05, 3.63) is 44.5 Å². The van der Waals surface area contributed by atoms with Crippen molar-refractivity contribution in [3.8, 4) is 5.88 Å². The fraction of sp³-hybridized carbons (Fsp3) is 0.400. The Bertz CT molecular complexity index is 781. The molecule has 1 N–H and O–H groups in total. The smallest absolute Gasteiger partial charge is 0.256 e. The van der Waals surface area contributed by atoms with E-state index in [4.69, 9.17) is 16.3 Å². The van der Waals surface area contributed by atoms with Crippen LogP contribution < -0.4 is 10.3 Å². The molecule has 122 valence electrons. The predicted octanol–water partition coefficient (Wildman–Crippen LogP) is 2.11. The Balaban J connectivity index is 1.77. The standard InChI is InChI=1S/C15H17ClN4O2S/c1-22-14-11(16)5-9(6-17-14)7-20-4-3-12-10(8-20)13(21)19-15(18-12)23-2/h5-6H,3-4,7-8H2,1-2H3,(H,18,19,21). The molecule has 2 aromatic rings. The number of aromatic amines is 1. The first kappa shape index (κ1) is 16.3. The first-order valence-electron chi connectivity index (χ1n) is 7.17. The fourth-order valence-corrected chi connectivity index (χ4v) is 3.31. The first-order chi connectivity index (χ1) is 11.1. The molecule has 3 heterocycles. The summed E-state index contributed by atoms with van der Waals surface area (Å²) in [5, 5.41) is 1.17. The Labute approximate surface area is 143 Å². The van der Waals surface area contributed by atoms with Gasteiger partial charge in [0, 0.05) is 32.3 Å². The number of nitrogens with zero attached hydrogens (tertiary/aromatic N) is 3. The summed E-state index contributed by atoms with van der Waals surface area (Å²) < 4.78 is 5.06. The third-order valence-electron chi connectivity index (χ3n) is 3.78. The summed E-state index contributed by atoms with van der Waals surface area (Å²) in [5.74, 6) is 0.421. The molecule has 0 saturated carbocycles. The van der Waals surface area contributed by atoms with Gasteiger partial charge in [-0.2, -0.15) is 0 Å². The van der Waals surface area contributed by atoms with Gasteiger partial charge in [-0.3, -0.25) is 9.69 Å². The monoisotopic (exact) mass is 352 g/mol. The van der Waals surface area contributed by atoms with Crippen molar-refractivity contribution >= 4 is 23.4 Å². The highest BCUT2D eigenvalue weighted by Crippen LogP contribution is 2.24. The van der Waals surface area contributed by atoms with Crippen LogP contribution >= 0.6 is 23.4 Å². The maximum atomic E-state index is 12.2. The van der Waals surface area contributed by atoms with Crippen LogP contribution in [0.15, 0.2) is 22.2 Å². The van der Waals surface area contributed by atoms with Crippen molar-refractivity contribution in [2.75, 3.05) is 19.9 Å². The van der Waals surface area contributed by atoms with Gasteiger partial charge in [-0.1, -0.05) is 23.4 Å². The molecular formula is C15H17ClN4O2S. The summed E-state index contributed by atoms with van der Waals surface area (Å²) in [7, 11) is 1.54. The van der Waals surface area contributed by atoms with Gasteiger partial charge in [0.25, 0.3) is 5.56 Å². The number of halogens is 1. The zero-order chi connectivity index (χ0) is 16.4. The topological polar surface area (TPSA) is 71.1 Å². The van der Waals surface area contributed by atoms with Crippen LogP contribution in [-0.4, -0.2) is 39.8 Å². The van der Waals surface area contributed by atoms with E-state index >= 15 is 0 Å². The summed E-state index contributed by atoms with van der Waals surface area (Å²) in [6, 6.07) is 1.85. The molecule has 0 radical (unpaired) electrons. The molecule has 0 atom stereocenters. The number of rotatable bonds is 4. The zero-order valence-electron chi connectivity index (χ0n) is 12.9. The molecule has 6 nitrogen and oxygen atoms in total. The number of hydrogen-bond acceptors (Lipinski definition) is 6. The molecule has 0 aliphatic carbocycles. The summed E-state index contributed by atoms with van der Waals surface area (Å²) >= 11 is 7.56. The highest BCUT2D eigenvalue weighted by molar-refractivity contribution is 7.98. The van der Waals surface area contributed by atoms with Gasteiger partial charge in [-0.05, 0) is 17.9 Å². The zero-order valence-corrected chi connectivity index (χ0v) is 14.5. The third-order valence-corrected chi connectivity index (χ3v) is 4.63. The van der Waals surface area contributed by atoms with Gasteiger partial charge in [-0.25, -0.2) is 9.97 Å². The van der Waals surface area contributed by atoms with Gasteiger partial charge in [0.2, 0.25) is 5.88 Å². The Kier molecular flexibility index (Phi) is 4.89. The van der Waals surface area contributed by atoms with Crippen LogP contribution in [0.5, 0.6) is 5.88 Å². The van der Waals surface area contributed by atoms with Crippen LogP contribution in [0.3, 0.4) is 0 Å². The number of aromatic nitrogens is 3. The number of fused-ring (bicyclic) bond motifs is 1. The van der Waals surface area contributed by atoms with Crippen molar-refractivity contribution < 1.29 is 4.74 Å². The van der Waals surface area contributed by atoms with E-state index in [0.717, 1.165) is 29.8 Å². The van der Waals surface area contributed by atoms with Crippen LogP contribution in [0.2, 0.25) is 5.02 Å². The van der Waals surface area contributed by atoms with E-state index in [1.54, 1.807) is 6.20 Å². The Morgan fingerprint density at radius 2 is 2.35 bits per heavy atom. The second-order valence-electron chi connectivity index (χ2n) is 5.30. The van der Waals surface area contributed by atoms with Crippen LogP contribution in [-0.2, 0) is 19.5 Å². The van der Waals surface area contributed by atoms with E-state index in [1.165, 1.54) is 18.9 Å². The van der Waals surface area contributed by atoms with E-state index in [9.17, 15) is 4.79 Å². The molecule has 0 saturated heterocycles. The normalized spacial score (nSPS) is 14.6. The van der Waals surface area contributed by atoms with Crippen LogP contribution in [0.1, 0.15) is 16.8 Å². The van der Waals surface area contributed by atoms with Crippen molar-refractivity contribution in [3.63, 3.8) is 0 Å². The molecule has 0 fully saturated rings. The quantitative estimate of drug-likeness (QED) is 0.671. The van der Waals surface area contributed by atoms with Gasteiger partial charge in [-0.15, -0.1) is 0 Å². The number of H-pyrrole nitrogens is 1. The summed E-state index contributed by atoms with van der Waals surface area (Å²) in [6.07, 6.45) is 4.42. The molecule has 0 amide bonds. The SMILES string of the molecule is COc1ncc(CN2CCc3nc(SC)[nH]c(=O)c3C2)cc1Cl. The molecule has 2 aromatic heterocycles. The number of hydrogen-bond donors (Lipinski definition) is 1. The largest absolute Gasteiger partial charge is 0.480 e. The number of ether oxygens (including phenoxy) is 1. The van der Waals surface area contributed by atoms with E-state index in [1.807, 2.05) is 12.3 Å². The predicted molar refractivity (Wildman–Crippen MR) is 90.3 cm³/mol. The second-order valence-corrected chi connectivity index (χ2v) is 6.50. The minimum atomic E-state index is -0.0464. The van der Waals surface area contributed by atoms with Gasteiger partial charge in [0.05, 0.1) is 18.4 Å². The molecule has 8 heteroatoms. The lowest BCUT2D eigenvalue weighted by Gasteiger charge is -2.27. The Morgan fingerprint density at radius 3 is 3.04 bits per heavy atom. The van der Waals surface area contributed by atoms with E-state index in [-0.39, 0.29) is 5.56 Å². The highest BCUT2D eigenvalue weighted by atomic mass is 35.5. The molecule has 0 spiro atoms. The average molecular weight is 353 g/mol. The number of pyridine rings is 1. The molecule has 1 aliphatic rings. The molecule has 3 rings (SSSR count). The number of thioether (sulfide) groups is 1. The summed E-state index contributed by atoms with van der Waals surface area (Å²) in [4.78, 5) is 25.9. The molecule has 0 bridgehead atoms. The highest BCUT2D eigenvalue weighted by Gasteiger charge is 2.21. The van der Waals surface area contributed by atoms with Gasteiger partial charge in [0.1, 0.15) is 5.02 Å². The van der Waals surface area contributed by atoms with E-state index < -0.39 is 0 Å². The van der Waals surface area contributed by atoms with E-state index in [2.05, 4.69) is 19.9 Å². The van der Waals surface area contributed by atoms with Crippen molar-refractivity contribution in [1.29, 1.82) is 0 Å². The maximum absolute atomic E-state index is 12.2. The Morgan fingerprint density at radius 1 is 1.52 bits per heavy atom. The molecule has 0 aromatic carbocycles. The van der Waals surface area contributed by atoms with Gasteiger partial charge < -0.3 is 9.72 Å². The van der Waals surface area contributed by atoms with Gasteiger partial charge >= 0.3 is 0 Å². The number of methoxy groups -OCH3 is 1. The minimum Gasteiger partial charge on any atom is -0.480 e. The lowest BCUT2D eigenvalue weighted by Crippen LogP contribution is -2.35. The summed E-state index contributed by atoms with van der Waals surface area (Å²) in [5.41, 5.74) is 2.60. The fourth-order valence-electron chi connectivity index (χ4n) is 2.65. The van der Waals surface area contributed by atoms with Crippen LogP contribution in [0, 0.1) is 0 Å². The molecular weight excluding hydrogens is 336 g/mol. The first-order valence-corrected chi connectivity index (χ1v) is 8.77. The summed E-state index contributed by atoms with van der Waals surface area (Å²) in [6.45, 7) is 2.11. The van der Waals surface area contributed by atoms with Gasteiger partial charge in [0.15, 0.2) is 5.16 Å². The van der Waals surface area contributed by atoms with Crippen molar-refractivity contribution in [2.24, 2.45) is 0 Å². The average Bonchev–Trinajstić information content (AvgIpc) is 2.55.